The van der Waals surface area contributed by atoms with E-state index < -0.39 is 15.9 Å². The van der Waals surface area contributed by atoms with Crippen molar-refractivity contribution in [2.45, 2.75) is 57.6 Å². The van der Waals surface area contributed by atoms with Gasteiger partial charge in [-0.2, -0.15) is 8.42 Å². The number of carbonyl (C=O) groups excluding carboxylic acids is 1. The van der Waals surface area contributed by atoms with Gasteiger partial charge in [-0.3, -0.25) is 4.79 Å². The Balaban J connectivity index is 1.85. The quantitative estimate of drug-likeness (QED) is 0.477. The van der Waals surface area contributed by atoms with E-state index in [0.29, 0.717) is 25.1 Å². The van der Waals surface area contributed by atoms with Crippen LogP contribution in [0, 0.1) is 11.2 Å². The van der Waals surface area contributed by atoms with Crippen LogP contribution in [0.3, 0.4) is 0 Å². The van der Waals surface area contributed by atoms with Crippen LogP contribution in [-0.2, 0) is 26.2 Å². The number of methoxy groups -OCH3 is 1. The largest absolute Gasteiger partial charge is 0.493 e. The van der Waals surface area contributed by atoms with Crippen molar-refractivity contribution in [3.8, 4) is 11.5 Å². The lowest BCUT2D eigenvalue weighted by atomic mass is 9.91. The predicted molar refractivity (Wildman–Crippen MR) is 126 cm³/mol. The van der Waals surface area contributed by atoms with E-state index in [2.05, 4.69) is 0 Å². The first kappa shape index (κ1) is 26.0. The lowest BCUT2D eigenvalue weighted by molar-refractivity contribution is -0.135. The summed E-state index contributed by atoms with van der Waals surface area (Å²) in [5, 5.41) is 0. The summed E-state index contributed by atoms with van der Waals surface area (Å²) in [5.41, 5.74) is 0.508. The van der Waals surface area contributed by atoms with Crippen LogP contribution >= 0.6 is 0 Å². The summed E-state index contributed by atoms with van der Waals surface area (Å²) in [6.07, 6.45) is 2.22. The van der Waals surface area contributed by atoms with Crippen LogP contribution in [0.4, 0.5) is 4.39 Å². The van der Waals surface area contributed by atoms with Crippen LogP contribution in [0.5, 0.6) is 11.5 Å². The summed E-state index contributed by atoms with van der Waals surface area (Å²) in [7, 11) is -2.81. The van der Waals surface area contributed by atoms with Gasteiger partial charge < -0.3 is 18.6 Å². The predicted octanol–water partition coefficient (Wildman–Crippen LogP) is 4.55. The zero-order chi connectivity index (χ0) is 24.9. The van der Waals surface area contributed by atoms with Crippen molar-refractivity contribution in [1.29, 1.82) is 0 Å². The minimum atomic E-state index is -4.21. The molecule has 2 aromatic carbocycles. The average Bonchev–Trinajstić information content (AvgIpc) is 3.25. The highest BCUT2D eigenvalue weighted by Gasteiger charge is 2.27. The van der Waals surface area contributed by atoms with Crippen molar-refractivity contribution < 1.29 is 31.3 Å². The van der Waals surface area contributed by atoms with Crippen molar-refractivity contribution in [2.24, 2.45) is 5.41 Å². The zero-order valence-corrected chi connectivity index (χ0v) is 20.9. The van der Waals surface area contributed by atoms with Crippen LogP contribution in [0.25, 0.3) is 0 Å². The van der Waals surface area contributed by atoms with E-state index in [-0.39, 0.29) is 40.4 Å². The molecule has 1 aliphatic heterocycles. The monoisotopic (exact) mass is 493 g/mol. The minimum absolute atomic E-state index is 0.000204. The molecule has 0 aliphatic carbocycles. The van der Waals surface area contributed by atoms with Gasteiger partial charge in [-0.15, -0.1) is 0 Å². The number of hydrogen-bond acceptors (Lipinski definition) is 6. The van der Waals surface area contributed by atoms with E-state index in [9.17, 15) is 17.6 Å². The topological polar surface area (TPSA) is 82.1 Å². The van der Waals surface area contributed by atoms with E-state index in [1.807, 2.05) is 20.8 Å². The first-order chi connectivity index (χ1) is 16.0. The second-order valence-electron chi connectivity index (χ2n) is 9.62. The Kier molecular flexibility index (Phi) is 8.20. The molecule has 0 aromatic heterocycles. The average molecular weight is 494 g/mol. The zero-order valence-electron chi connectivity index (χ0n) is 20.0. The first-order valence-electron chi connectivity index (χ1n) is 11.2. The Hall–Kier alpha value is -2.65. The number of benzene rings is 2. The van der Waals surface area contributed by atoms with Crippen LogP contribution < -0.4 is 8.92 Å². The van der Waals surface area contributed by atoms with Crippen LogP contribution in [0.1, 0.15) is 45.6 Å². The van der Waals surface area contributed by atoms with Gasteiger partial charge in [-0.05, 0) is 60.2 Å². The fourth-order valence-corrected chi connectivity index (χ4v) is 4.66. The van der Waals surface area contributed by atoms with Gasteiger partial charge in [0.25, 0.3) is 0 Å². The highest BCUT2D eigenvalue weighted by atomic mass is 32.2. The lowest BCUT2D eigenvalue weighted by Gasteiger charge is -2.29. The van der Waals surface area contributed by atoms with Gasteiger partial charge in [0.2, 0.25) is 5.91 Å². The minimum Gasteiger partial charge on any atom is -0.493 e. The number of amides is 1. The summed E-state index contributed by atoms with van der Waals surface area (Å²) in [4.78, 5) is 14.7. The van der Waals surface area contributed by atoms with E-state index in [0.717, 1.165) is 37.1 Å². The molecule has 34 heavy (non-hydrogen) atoms. The molecular formula is C25H32FNO6S. The van der Waals surface area contributed by atoms with E-state index in [1.165, 1.54) is 7.11 Å². The van der Waals surface area contributed by atoms with Crippen molar-refractivity contribution in [1.82, 2.24) is 4.90 Å². The molecule has 186 valence electrons. The molecule has 1 atom stereocenters. The number of carbonyl (C=O) groups is 1. The third-order valence-corrected chi connectivity index (χ3v) is 6.63. The molecule has 1 fully saturated rings. The first-order valence-corrected chi connectivity index (χ1v) is 12.6. The molecule has 3 rings (SSSR count). The third kappa shape index (κ3) is 7.17. The molecule has 2 aromatic rings. The highest BCUT2D eigenvalue weighted by molar-refractivity contribution is 7.87. The van der Waals surface area contributed by atoms with Gasteiger partial charge in [0.15, 0.2) is 11.5 Å². The Labute approximate surface area is 200 Å². The van der Waals surface area contributed by atoms with Crippen molar-refractivity contribution >= 4 is 16.0 Å². The van der Waals surface area contributed by atoms with E-state index >= 15 is 0 Å². The van der Waals surface area contributed by atoms with E-state index in [1.54, 1.807) is 23.1 Å². The van der Waals surface area contributed by atoms with Crippen molar-refractivity contribution in [3.05, 3.63) is 53.8 Å². The van der Waals surface area contributed by atoms with Crippen LogP contribution in [0.15, 0.2) is 47.4 Å². The molecule has 9 heteroatoms. The Morgan fingerprint density at radius 2 is 1.85 bits per heavy atom. The number of ether oxygens (including phenoxy) is 2. The second kappa shape index (κ2) is 10.7. The highest BCUT2D eigenvalue weighted by Crippen LogP contribution is 2.32. The lowest BCUT2D eigenvalue weighted by Crippen LogP contribution is -2.38. The maximum absolute atomic E-state index is 13.2. The summed E-state index contributed by atoms with van der Waals surface area (Å²) in [6.45, 7) is 7.45. The van der Waals surface area contributed by atoms with Gasteiger partial charge in [0, 0.05) is 26.1 Å². The molecule has 0 saturated carbocycles. The summed E-state index contributed by atoms with van der Waals surface area (Å²) in [6, 6.07) is 9.28. The van der Waals surface area contributed by atoms with Crippen LogP contribution in [-0.4, -0.2) is 45.6 Å². The van der Waals surface area contributed by atoms with Crippen molar-refractivity contribution in [3.63, 3.8) is 0 Å². The van der Waals surface area contributed by atoms with Gasteiger partial charge >= 0.3 is 10.1 Å². The molecule has 0 N–H and O–H groups in total. The summed E-state index contributed by atoms with van der Waals surface area (Å²) < 4.78 is 55.0. The third-order valence-electron chi connectivity index (χ3n) is 5.39. The smallest absolute Gasteiger partial charge is 0.339 e. The Bertz CT molecular complexity index is 1090. The maximum atomic E-state index is 13.2. The number of rotatable bonds is 9. The Morgan fingerprint density at radius 1 is 1.15 bits per heavy atom. The molecule has 0 bridgehead atoms. The molecule has 1 aliphatic rings. The van der Waals surface area contributed by atoms with Gasteiger partial charge in [-0.25, -0.2) is 4.39 Å². The summed E-state index contributed by atoms with van der Waals surface area (Å²) in [5.74, 6) is -0.337. The fourth-order valence-electron chi connectivity index (χ4n) is 3.73. The molecule has 1 amide bonds. The van der Waals surface area contributed by atoms with Gasteiger partial charge in [-0.1, -0.05) is 26.8 Å². The SMILES string of the molecule is COc1ccc(CN(C[C@@H]2CCCO2)C(=O)CC(C)(C)C)cc1OS(=O)(=O)c1ccc(F)cc1. The molecule has 0 spiro atoms. The Morgan fingerprint density at radius 3 is 2.44 bits per heavy atom. The normalized spacial score (nSPS) is 16.3. The number of nitrogens with zero attached hydrogens (tertiary/aromatic N) is 1. The fraction of sp³-hybridized carbons (Fsp3) is 0.480. The maximum Gasteiger partial charge on any atom is 0.339 e. The van der Waals surface area contributed by atoms with Gasteiger partial charge in [0.1, 0.15) is 10.7 Å². The van der Waals surface area contributed by atoms with E-state index in [4.69, 9.17) is 13.7 Å². The molecule has 0 radical (unpaired) electrons. The van der Waals surface area contributed by atoms with Gasteiger partial charge in [0.05, 0.1) is 13.2 Å². The molecular weight excluding hydrogens is 461 g/mol. The standard InChI is InChI=1S/C25H32FNO6S/c1-25(2,3)15-24(28)27(17-20-6-5-13-32-20)16-18-7-12-22(31-4)23(14-18)33-34(29,30)21-10-8-19(26)9-11-21/h7-12,14,20H,5-6,13,15-17H2,1-4H3/t20-/m0/s1. The molecule has 0 unspecified atom stereocenters. The number of halogens is 1. The summed E-state index contributed by atoms with van der Waals surface area (Å²) >= 11 is 0. The molecule has 1 heterocycles. The van der Waals surface area contributed by atoms with Crippen LogP contribution in [0.2, 0.25) is 0 Å². The molecule has 7 nitrogen and oxygen atoms in total. The second-order valence-corrected chi connectivity index (χ2v) is 11.2. The van der Waals surface area contributed by atoms with Crippen molar-refractivity contribution in [2.75, 3.05) is 20.3 Å². The number of hydrogen-bond donors (Lipinski definition) is 0. The molecule has 1 saturated heterocycles.